The van der Waals surface area contributed by atoms with Gasteiger partial charge in [-0.1, -0.05) is 72.8 Å². The Morgan fingerprint density at radius 1 is 0.712 bits per heavy atom. The highest BCUT2D eigenvalue weighted by Gasteiger charge is 2.53. The normalized spacial score (nSPS) is 18.6. The summed E-state index contributed by atoms with van der Waals surface area (Å²) in [5, 5.41) is 9.16. The SMILES string of the molecule is CC(=O)OC[C@H]1O[C@@H](Oc2cc(OCc3ccccc3)cc(C)c2Cc2ccc(/C=C/CC(=O)O)cc2Oc2ccccc2)[C@H](OC(C)=O)[C@@H](OC(C)=O)[C@@H]1OC(C)=O. The molecule has 4 aromatic carbocycles. The summed E-state index contributed by atoms with van der Waals surface area (Å²) in [6.07, 6.45) is -3.76. The van der Waals surface area contributed by atoms with Gasteiger partial charge < -0.3 is 43.0 Å². The standard InChI is InChI=1S/C45H46O14/c1-27-21-36(53-25-33-13-8-6-9-14-33)24-39(37(27)23-34-20-19-32(15-12-18-41(50)51)22-38(34)57-35-16-10-7-11-17-35)58-45-44(56-31(5)49)43(55-30(4)48)42(54-29(3)47)40(59-45)26-52-28(2)46/h6-17,19-22,24,40,42-45H,18,23,25-26H2,1-5H3,(H,50,51)/b15-12+/t40-,42-,43+,44-,45-/m1/s1. The number of benzene rings is 4. The number of carboxylic acid groups (broad SMARTS) is 1. The van der Waals surface area contributed by atoms with Crippen molar-refractivity contribution in [3.05, 3.63) is 125 Å². The zero-order valence-electron chi connectivity index (χ0n) is 33.3. The molecule has 59 heavy (non-hydrogen) atoms. The third-order valence-corrected chi connectivity index (χ3v) is 8.88. The van der Waals surface area contributed by atoms with Gasteiger partial charge in [0.05, 0.1) is 6.42 Å². The molecule has 0 aliphatic carbocycles. The Balaban J connectivity index is 1.61. The molecule has 310 valence electrons. The van der Waals surface area contributed by atoms with Crippen LogP contribution in [-0.4, -0.2) is 72.3 Å². The molecule has 5 atom stereocenters. The highest BCUT2D eigenvalue weighted by Crippen LogP contribution is 2.38. The zero-order valence-corrected chi connectivity index (χ0v) is 33.3. The van der Waals surface area contributed by atoms with Crippen molar-refractivity contribution in [1.82, 2.24) is 0 Å². The summed E-state index contributed by atoms with van der Waals surface area (Å²) in [5.74, 6) is -2.24. The van der Waals surface area contributed by atoms with E-state index in [9.17, 15) is 24.0 Å². The van der Waals surface area contributed by atoms with Gasteiger partial charge in [0.2, 0.25) is 12.4 Å². The molecular formula is C45H46O14. The van der Waals surface area contributed by atoms with E-state index in [1.54, 1.807) is 36.4 Å². The molecule has 0 radical (unpaired) electrons. The molecule has 0 saturated carbocycles. The van der Waals surface area contributed by atoms with Gasteiger partial charge in [-0.15, -0.1) is 0 Å². The molecular weight excluding hydrogens is 764 g/mol. The van der Waals surface area contributed by atoms with Crippen LogP contribution in [0.4, 0.5) is 0 Å². The summed E-state index contributed by atoms with van der Waals surface area (Å²) in [5.41, 5.74) is 3.70. The van der Waals surface area contributed by atoms with Crippen molar-refractivity contribution in [3.8, 4) is 23.0 Å². The van der Waals surface area contributed by atoms with Gasteiger partial charge in [-0.05, 0) is 53.4 Å². The molecule has 5 rings (SSSR count). The number of aliphatic carboxylic acids is 1. The fraction of sp³-hybridized carbons (Fsp3) is 0.311. The van der Waals surface area contributed by atoms with Gasteiger partial charge in [-0.25, -0.2) is 0 Å². The molecule has 0 amide bonds. The molecule has 4 aromatic rings. The number of carbonyl (C=O) groups is 5. The van der Waals surface area contributed by atoms with Gasteiger partial charge in [-0.3, -0.25) is 24.0 Å². The molecule has 1 N–H and O–H groups in total. The number of ether oxygens (including phenoxy) is 8. The number of para-hydroxylation sites is 1. The molecule has 0 aromatic heterocycles. The lowest BCUT2D eigenvalue weighted by Gasteiger charge is -2.44. The fourth-order valence-corrected chi connectivity index (χ4v) is 6.34. The van der Waals surface area contributed by atoms with Crippen LogP contribution in [0.15, 0.2) is 97.1 Å². The summed E-state index contributed by atoms with van der Waals surface area (Å²) in [6.45, 7) is 6.28. The highest BCUT2D eigenvalue weighted by molar-refractivity contribution is 5.71. The van der Waals surface area contributed by atoms with Gasteiger partial charge >= 0.3 is 29.8 Å². The maximum Gasteiger partial charge on any atom is 0.307 e. The van der Waals surface area contributed by atoms with Crippen LogP contribution in [0.25, 0.3) is 6.08 Å². The lowest BCUT2D eigenvalue weighted by Crippen LogP contribution is -2.63. The highest BCUT2D eigenvalue weighted by atomic mass is 16.7. The Morgan fingerprint density at radius 2 is 1.36 bits per heavy atom. The van der Waals surface area contributed by atoms with E-state index in [0.29, 0.717) is 28.4 Å². The summed E-state index contributed by atoms with van der Waals surface area (Å²) in [6, 6.07) is 27.7. The van der Waals surface area contributed by atoms with Crippen molar-refractivity contribution >= 4 is 35.9 Å². The largest absolute Gasteiger partial charge is 0.489 e. The first-order valence-corrected chi connectivity index (χ1v) is 18.8. The molecule has 1 aliphatic rings. The Labute approximate surface area is 341 Å². The minimum absolute atomic E-state index is 0.158. The van der Waals surface area contributed by atoms with Gasteiger partial charge in [0.25, 0.3) is 0 Å². The molecule has 0 bridgehead atoms. The number of carboxylic acids is 1. The quantitative estimate of drug-likeness (QED) is 0.0859. The van der Waals surface area contributed by atoms with Gasteiger partial charge in [0.1, 0.15) is 42.3 Å². The van der Waals surface area contributed by atoms with Crippen LogP contribution >= 0.6 is 0 Å². The van der Waals surface area contributed by atoms with Crippen molar-refractivity contribution in [2.45, 2.75) is 84.8 Å². The van der Waals surface area contributed by atoms with Gasteiger partial charge in [0, 0.05) is 45.7 Å². The van der Waals surface area contributed by atoms with E-state index >= 15 is 0 Å². The van der Waals surface area contributed by atoms with E-state index < -0.39 is 67.2 Å². The number of carbonyl (C=O) groups excluding carboxylic acids is 4. The van der Waals surface area contributed by atoms with Crippen LogP contribution in [0.1, 0.15) is 61.9 Å². The minimum atomic E-state index is -1.51. The van der Waals surface area contributed by atoms with Crippen LogP contribution in [0, 0.1) is 6.92 Å². The second kappa shape index (κ2) is 20.7. The topological polar surface area (TPSA) is 179 Å². The number of aryl methyl sites for hydroxylation is 1. The smallest absolute Gasteiger partial charge is 0.307 e. The fourth-order valence-electron chi connectivity index (χ4n) is 6.34. The van der Waals surface area contributed by atoms with E-state index in [-0.39, 0.29) is 25.2 Å². The van der Waals surface area contributed by atoms with E-state index in [2.05, 4.69) is 0 Å². The monoisotopic (exact) mass is 810 g/mol. The molecule has 1 saturated heterocycles. The predicted octanol–water partition coefficient (Wildman–Crippen LogP) is 6.91. The van der Waals surface area contributed by atoms with Crippen molar-refractivity contribution < 1.29 is 67.0 Å². The number of esters is 4. The first kappa shape index (κ1) is 43.5. The van der Waals surface area contributed by atoms with E-state index in [1.807, 2.05) is 73.7 Å². The number of rotatable bonds is 17. The lowest BCUT2D eigenvalue weighted by molar-refractivity contribution is -0.288. The molecule has 0 spiro atoms. The van der Waals surface area contributed by atoms with Crippen molar-refractivity contribution in [2.24, 2.45) is 0 Å². The Kier molecular flexibility index (Phi) is 15.2. The van der Waals surface area contributed by atoms with E-state index in [1.165, 1.54) is 6.92 Å². The third-order valence-electron chi connectivity index (χ3n) is 8.88. The van der Waals surface area contributed by atoms with E-state index in [4.69, 9.17) is 43.0 Å². The molecule has 14 nitrogen and oxygen atoms in total. The maximum atomic E-state index is 12.6. The summed E-state index contributed by atoms with van der Waals surface area (Å²) in [7, 11) is 0. The second-order valence-corrected chi connectivity index (χ2v) is 13.6. The average Bonchev–Trinajstić information content (AvgIpc) is 3.17. The van der Waals surface area contributed by atoms with Crippen molar-refractivity contribution in [3.63, 3.8) is 0 Å². The number of hydrogen-bond donors (Lipinski definition) is 1. The Hall–Kier alpha value is -6.67. The van der Waals surface area contributed by atoms with Crippen molar-refractivity contribution in [2.75, 3.05) is 6.61 Å². The molecule has 1 aliphatic heterocycles. The van der Waals surface area contributed by atoms with Crippen LogP contribution in [0.2, 0.25) is 0 Å². The third kappa shape index (κ3) is 12.9. The first-order valence-electron chi connectivity index (χ1n) is 18.8. The lowest BCUT2D eigenvalue weighted by atomic mass is 9.96. The van der Waals surface area contributed by atoms with Crippen LogP contribution in [0.3, 0.4) is 0 Å². The van der Waals surface area contributed by atoms with Crippen LogP contribution < -0.4 is 14.2 Å². The average molecular weight is 811 g/mol. The zero-order chi connectivity index (χ0) is 42.5. The van der Waals surface area contributed by atoms with Gasteiger partial charge in [0.15, 0.2) is 12.2 Å². The molecule has 1 heterocycles. The Bertz CT molecular complexity index is 2130. The predicted molar refractivity (Wildman–Crippen MR) is 212 cm³/mol. The van der Waals surface area contributed by atoms with Gasteiger partial charge in [-0.2, -0.15) is 0 Å². The van der Waals surface area contributed by atoms with Crippen molar-refractivity contribution in [1.29, 1.82) is 0 Å². The molecule has 14 heteroatoms. The van der Waals surface area contributed by atoms with Crippen LogP contribution in [-0.2, 0) is 60.7 Å². The van der Waals surface area contributed by atoms with E-state index in [0.717, 1.165) is 37.5 Å². The summed E-state index contributed by atoms with van der Waals surface area (Å²) >= 11 is 0. The Morgan fingerprint density at radius 3 is 2.00 bits per heavy atom. The summed E-state index contributed by atoms with van der Waals surface area (Å²) in [4.78, 5) is 60.5. The summed E-state index contributed by atoms with van der Waals surface area (Å²) < 4.78 is 47.7. The maximum absolute atomic E-state index is 12.6. The molecule has 0 unspecified atom stereocenters. The number of hydrogen-bond acceptors (Lipinski definition) is 13. The first-order chi connectivity index (χ1) is 28.2. The van der Waals surface area contributed by atoms with Crippen LogP contribution in [0.5, 0.6) is 23.0 Å². The minimum Gasteiger partial charge on any atom is -0.489 e. The second-order valence-electron chi connectivity index (χ2n) is 13.6. The molecule has 1 fully saturated rings.